The first-order valence-corrected chi connectivity index (χ1v) is 29.2. The summed E-state index contributed by atoms with van der Waals surface area (Å²) in [5.74, 6) is 2.35. The van der Waals surface area contributed by atoms with E-state index in [1.807, 2.05) is 70.7 Å². The molecule has 3 aliphatic rings. The van der Waals surface area contributed by atoms with Gasteiger partial charge in [-0.05, 0) is 109 Å². The second-order valence-electron chi connectivity index (χ2n) is 22.3. The summed E-state index contributed by atoms with van der Waals surface area (Å²) in [5.41, 5.74) is 6.84. The Bertz CT molecular complexity index is 3230. The molecule has 1 saturated carbocycles. The number of aryl methyl sites for hydroxylation is 1. The lowest BCUT2D eigenvalue weighted by molar-refractivity contribution is -0.120. The van der Waals surface area contributed by atoms with E-state index in [2.05, 4.69) is 97.5 Å². The number of anilines is 8. The normalized spacial score (nSPS) is 16.1. The van der Waals surface area contributed by atoms with Gasteiger partial charge in [0.1, 0.15) is 23.2 Å². The summed E-state index contributed by atoms with van der Waals surface area (Å²) in [7, 11) is 15.2. The number of hydrogen-bond donors (Lipinski definition) is 4. The van der Waals surface area contributed by atoms with E-state index >= 15 is 0 Å². The Hall–Kier alpha value is -7.85. The lowest BCUT2D eigenvalue weighted by atomic mass is 10.0. The number of benzene rings is 3. The predicted molar refractivity (Wildman–Crippen MR) is 332 cm³/mol. The van der Waals surface area contributed by atoms with Gasteiger partial charge in [-0.15, -0.1) is 0 Å². The first-order valence-electron chi connectivity index (χ1n) is 29.2. The van der Waals surface area contributed by atoms with Gasteiger partial charge >= 0.3 is 0 Å². The topological polar surface area (TPSA) is 197 Å². The second-order valence-corrected chi connectivity index (χ2v) is 22.3. The molecular weight excluding hydrogens is 1050 g/mol. The average molecular weight is 1130 g/mol. The van der Waals surface area contributed by atoms with Gasteiger partial charge in [-0.25, -0.2) is 15.0 Å². The van der Waals surface area contributed by atoms with Crippen LogP contribution in [0.25, 0.3) is 22.2 Å². The van der Waals surface area contributed by atoms with E-state index in [4.69, 9.17) is 19.4 Å². The Morgan fingerprint density at radius 2 is 1.51 bits per heavy atom. The number of hydrogen-bond acceptors (Lipinski definition) is 17. The van der Waals surface area contributed by atoms with Gasteiger partial charge in [0.25, 0.3) is 5.91 Å². The van der Waals surface area contributed by atoms with Crippen molar-refractivity contribution in [1.82, 2.24) is 49.4 Å². The van der Waals surface area contributed by atoms with Gasteiger partial charge in [-0.3, -0.25) is 14.4 Å². The number of para-hydroxylation sites is 1. The minimum absolute atomic E-state index is 0.0730. The minimum Gasteiger partial charge on any atom is -0.495 e. The molecule has 442 valence electrons. The standard InChI is InChI=1S/C62H84N16O5/c1-10-51-60(81)75(7)54-41-65-62(70-58(54)78(51)44-18-11-12-19-44)68-48-24-23-43(38-55(48)82-8)59(80)63-26-16-30-76-34-36-77(37-35-76)31-17-29-72(4)28-15-22-57(79)66-49-39-50(56(83-9)40-53(49)73(5)33-32-71(2)3)69-61-64-27-25-47(67-61)46-42-74(6)52-21-14-13-20-45(46)52/h13-15,20-25,27,38-42,44,51H,10-12,16-19,26,28-37H2,1-9H3,(H,63,80)(H,66,79)(H,64,67,69)(H,65,68,70)/b22-15+/t51-/m1/s1. The number of likely N-dealkylation sites (N-methyl/N-ethyl adjacent to an activating group) is 4. The summed E-state index contributed by atoms with van der Waals surface area (Å²) in [5, 5.41) is 14.0. The Labute approximate surface area is 489 Å². The summed E-state index contributed by atoms with van der Waals surface area (Å²) in [4.78, 5) is 74.6. The Balaban J connectivity index is 0.699. The molecule has 0 spiro atoms. The first-order chi connectivity index (χ1) is 40.2. The van der Waals surface area contributed by atoms with Crippen molar-refractivity contribution in [1.29, 1.82) is 0 Å². The molecule has 2 fully saturated rings. The van der Waals surface area contributed by atoms with Crippen molar-refractivity contribution in [2.45, 2.75) is 64.0 Å². The van der Waals surface area contributed by atoms with Gasteiger partial charge in [-0.1, -0.05) is 44.0 Å². The molecule has 6 aromatic rings. The van der Waals surface area contributed by atoms with E-state index in [1.54, 1.807) is 56.8 Å². The zero-order valence-electron chi connectivity index (χ0n) is 50.0. The molecular formula is C62H84N16O5. The van der Waals surface area contributed by atoms with Crippen LogP contribution in [0.3, 0.4) is 0 Å². The first kappa shape index (κ1) is 59.8. The maximum atomic E-state index is 13.6. The van der Waals surface area contributed by atoms with Gasteiger partial charge in [-0.2, -0.15) is 4.98 Å². The molecule has 1 atom stereocenters. The number of rotatable bonds is 26. The number of methoxy groups -OCH3 is 2. The lowest BCUT2D eigenvalue weighted by Gasteiger charge is -2.43. The number of piperazine rings is 1. The van der Waals surface area contributed by atoms with Crippen LogP contribution in [0, 0.1) is 0 Å². The monoisotopic (exact) mass is 1130 g/mol. The van der Waals surface area contributed by atoms with Crippen LogP contribution in [0.4, 0.5) is 46.2 Å². The van der Waals surface area contributed by atoms with Crippen molar-refractivity contribution in [3.05, 3.63) is 97.0 Å². The van der Waals surface area contributed by atoms with Gasteiger partial charge in [0.05, 0.1) is 48.9 Å². The van der Waals surface area contributed by atoms with Crippen LogP contribution in [-0.2, 0) is 16.6 Å². The zero-order valence-corrected chi connectivity index (χ0v) is 50.0. The van der Waals surface area contributed by atoms with Crippen molar-refractivity contribution in [3.8, 4) is 22.8 Å². The molecule has 1 aliphatic carbocycles. The highest BCUT2D eigenvalue weighted by atomic mass is 16.5. The smallest absolute Gasteiger partial charge is 0.251 e. The summed E-state index contributed by atoms with van der Waals surface area (Å²) >= 11 is 0. The number of carbonyl (C=O) groups excluding carboxylic acids is 3. The minimum atomic E-state index is -0.261. The molecule has 0 radical (unpaired) electrons. The van der Waals surface area contributed by atoms with Crippen LogP contribution in [0.2, 0.25) is 0 Å². The molecule has 21 nitrogen and oxygen atoms in total. The quantitative estimate of drug-likeness (QED) is 0.0305. The van der Waals surface area contributed by atoms with E-state index < -0.39 is 0 Å². The second kappa shape index (κ2) is 27.9. The van der Waals surface area contributed by atoms with Crippen LogP contribution < -0.4 is 45.4 Å². The zero-order chi connectivity index (χ0) is 58.6. The van der Waals surface area contributed by atoms with E-state index in [0.29, 0.717) is 71.2 Å². The van der Waals surface area contributed by atoms with E-state index in [0.717, 1.165) is 131 Å². The van der Waals surface area contributed by atoms with Crippen LogP contribution >= 0.6 is 0 Å². The molecule has 1 saturated heterocycles. The van der Waals surface area contributed by atoms with Crippen molar-refractivity contribution >= 4 is 74.8 Å². The van der Waals surface area contributed by atoms with Crippen molar-refractivity contribution in [2.75, 3.05) is 152 Å². The van der Waals surface area contributed by atoms with Crippen molar-refractivity contribution in [2.24, 2.45) is 7.05 Å². The van der Waals surface area contributed by atoms with Crippen LogP contribution in [0.5, 0.6) is 11.5 Å². The Morgan fingerprint density at radius 1 is 0.795 bits per heavy atom. The predicted octanol–water partition coefficient (Wildman–Crippen LogP) is 7.69. The maximum absolute atomic E-state index is 13.6. The molecule has 2 aliphatic heterocycles. The largest absolute Gasteiger partial charge is 0.495 e. The summed E-state index contributed by atoms with van der Waals surface area (Å²) in [6, 6.07) is 19.3. The summed E-state index contributed by atoms with van der Waals surface area (Å²) in [6.07, 6.45) is 16.0. The van der Waals surface area contributed by atoms with Crippen LogP contribution in [0.1, 0.15) is 62.2 Å². The van der Waals surface area contributed by atoms with Gasteiger partial charge < -0.3 is 69.6 Å². The number of carbonyl (C=O) groups is 3. The van der Waals surface area contributed by atoms with Gasteiger partial charge in [0.15, 0.2) is 5.82 Å². The Morgan fingerprint density at radius 3 is 2.24 bits per heavy atom. The third-order valence-electron chi connectivity index (χ3n) is 16.2. The summed E-state index contributed by atoms with van der Waals surface area (Å²) in [6.45, 7) is 11.6. The fraction of sp³-hybridized carbons (Fsp3) is 0.468. The SMILES string of the molecule is CC[C@@H]1C(=O)N(C)c2cnc(Nc3ccc(C(=O)NCCCN4CCN(CCCN(C)C/C=C/C(=O)Nc5cc(Nc6nccc(-c7cn(C)c8ccccc78)n6)c(OC)cc5N(C)CCN(C)C)CC4)cc3OC)nc2N1C1CCCC1. The van der Waals surface area contributed by atoms with Gasteiger partial charge in [0.2, 0.25) is 23.7 Å². The van der Waals surface area contributed by atoms with E-state index in [9.17, 15) is 14.4 Å². The fourth-order valence-corrected chi connectivity index (χ4v) is 11.5. The number of nitrogens with zero attached hydrogens (tertiary/aromatic N) is 12. The average Bonchev–Trinajstić information content (AvgIpc) is 3.09. The molecule has 9 rings (SSSR count). The third kappa shape index (κ3) is 14.7. The fourth-order valence-electron chi connectivity index (χ4n) is 11.5. The number of aromatic nitrogens is 5. The van der Waals surface area contributed by atoms with Crippen molar-refractivity contribution < 1.29 is 23.9 Å². The third-order valence-corrected chi connectivity index (χ3v) is 16.2. The van der Waals surface area contributed by atoms with E-state index in [1.165, 1.54) is 0 Å². The number of fused-ring (bicyclic) bond motifs is 2. The highest BCUT2D eigenvalue weighted by molar-refractivity contribution is 6.05. The highest BCUT2D eigenvalue weighted by Gasteiger charge is 2.41. The maximum Gasteiger partial charge on any atom is 0.251 e. The Kier molecular flexibility index (Phi) is 20.1. The number of ether oxygens (including phenoxy) is 2. The van der Waals surface area contributed by atoms with Crippen LogP contribution in [-0.4, -0.2) is 195 Å². The van der Waals surface area contributed by atoms with Crippen LogP contribution in [0.15, 0.2) is 91.4 Å². The molecule has 3 aromatic heterocycles. The van der Waals surface area contributed by atoms with Gasteiger partial charge in [0, 0.05) is 126 Å². The molecule has 3 aromatic carbocycles. The number of amides is 3. The molecule has 3 amide bonds. The number of nitrogens with one attached hydrogen (secondary N) is 4. The molecule has 83 heavy (non-hydrogen) atoms. The molecule has 21 heteroatoms. The molecule has 0 bridgehead atoms. The van der Waals surface area contributed by atoms with Crippen molar-refractivity contribution in [3.63, 3.8) is 0 Å². The lowest BCUT2D eigenvalue weighted by Crippen LogP contribution is -2.55. The molecule has 5 heterocycles. The highest BCUT2D eigenvalue weighted by Crippen LogP contribution is 2.42. The summed E-state index contributed by atoms with van der Waals surface area (Å²) < 4.78 is 13.7. The molecule has 4 N–H and O–H groups in total. The molecule has 0 unspecified atom stereocenters. The van der Waals surface area contributed by atoms with E-state index in [-0.39, 0.29) is 29.8 Å².